The summed E-state index contributed by atoms with van der Waals surface area (Å²) >= 11 is 0. The van der Waals surface area contributed by atoms with Crippen molar-refractivity contribution in [2.75, 3.05) is 26.2 Å². The minimum absolute atomic E-state index is 0.0277. The maximum Gasteiger partial charge on any atom is 0.303 e. The molecule has 1 rings (SSSR count). The molecule has 0 saturated carbocycles. The summed E-state index contributed by atoms with van der Waals surface area (Å²) in [4.78, 5) is 183. The molecule has 0 heterocycles. The number of hydrogen-bond acceptors (Lipinski definition) is 18. The Labute approximate surface area is 552 Å². The first-order chi connectivity index (χ1) is 44.7. The molecule has 27 N–H and O–H groups in total. The number of aromatic hydroxyl groups is 1. The number of carbonyl (C=O) groups excluding carboxylic acids is 11. The normalized spacial score (nSPS) is 14.5. The third-order valence-corrected chi connectivity index (χ3v) is 14.9. The standard InChI is InChI=1S/C60H103N19O16/c1-7-33(4)48(79-55(92)39(71-35(6)80)16-12-28-68-59(64)65)58(95)70-34(5)50(87)73-41(17-13-29-69-60(66)67)52(89)77-44(30-32(2)3)56(93)76-43(23-25-47(84)85)54(91)75-42(22-24-46(82)83)53(90)74-40(15-9-11-27-62)51(88)78-45(31-36-18-20-37(81)21-19-36)57(94)72-38(49(63)86)14-8-10-26-61/h18-21,32-34,38-45,48,81H,7-17,22-31,61-62H2,1-6H3,(H2,63,86)(H,70,95)(H,71,80)(H,72,94)(H,73,87)(H,74,90)(H,75,91)(H,76,93)(H,77,89)(H,78,88)(H,79,92)(H,82,83)(H,84,85)(H4,64,65,68)(H4,66,67,69)/t33-,34-,38-,39-,40-,41-,42-,43-,44-,45-,48-/m0/s1. The molecule has 35 nitrogen and oxygen atoms in total. The number of hydrogen-bond donors (Lipinski definition) is 20. The van der Waals surface area contributed by atoms with E-state index in [-0.39, 0.29) is 101 Å². The van der Waals surface area contributed by atoms with Gasteiger partial charge in [-0.3, -0.25) is 72.3 Å². The second-order valence-corrected chi connectivity index (χ2v) is 23.5. The number of guanidine groups is 2. The molecule has 95 heavy (non-hydrogen) atoms. The van der Waals surface area contributed by atoms with Gasteiger partial charge in [0, 0.05) is 39.3 Å². The van der Waals surface area contributed by atoms with E-state index >= 15 is 0 Å². The first kappa shape index (κ1) is 83.6. The minimum Gasteiger partial charge on any atom is -0.508 e. The van der Waals surface area contributed by atoms with E-state index in [1.165, 1.54) is 38.1 Å². The highest BCUT2D eigenvalue weighted by Crippen LogP contribution is 2.16. The van der Waals surface area contributed by atoms with Gasteiger partial charge in [-0.25, -0.2) is 0 Å². The zero-order valence-electron chi connectivity index (χ0n) is 55.2. The molecule has 1 aromatic carbocycles. The van der Waals surface area contributed by atoms with Crippen molar-refractivity contribution in [2.45, 2.75) is 211 Å². The summed E-state index contributed by atoms with van der Waals surface area (Å²) in [6, 6.07) is -8.67. The Morgan fingerprint density at radius 1 is 0.442 bits per heavy atom. The summed E-state index contributed by atoms with van der Waals surface area (Å²) < 4.78 is 0. The highest BCUT2D eigenvalue weighted by molar-refractivity contribution is 5.99. The molecule has 35 heteroatoms. The number of amides is 11. The number of carboxylic acids is 2. The van der Waals surface area contributed by atoms with Gasteiger partial charge in [0.2, 0.25) is 65.0 Å². The van der Waals surface area contributed by atoms with Crippen LogP contribution in [0.15, 0.2) is 34.3 Å². The lowest BCUT2D eigenvalue weighted by atomic mass is 9.97. The van der Waals surface area contributed by atoms with Gasteiger partial charge in [0.1, 0.15) is 66.2 Å². The zero-order valence-corrected chi connectivity index (χ0v) is 55.2. The summed E-state index contributed by atoms with van der Waals surface area (Å²) in [7, 11) is 0. The van der Waals surface area contributed by atoms with E-state index in [1.807, 2.05) is 0 Å². The number of carbonyl (C=O) groups is 13. The van der Waals surface area contributed by atoms with Crippen molar-refractivity contribution in [1.29, 1.82) is 0 Å². The number of benzene rings is 1. The van der Waals surface area contributed by atoms with Crippen LogP contribution >= 0.6 is 0 Å². The number of nitrogens with two attached hydrogens (primary N) is 7. The van der Waals surface area contributed by atoms with Crippen LogP contribution in [-0.4, -0.2) is 191 Å². The Bertz CT molecular complexity index is 2760. The average molecular weight is 1350 g/mol. The predicted molar refractivity (Wildman–Crippen MR) is 350 cm³/mol. The first-order valence-electron chi connectivity index (χ1n) is 31.8. The number of rotatable bonds is 48. The second-order valence-electron chi connectivity index (χ2n) is 23.5. The van der Waals surface area contributed by atoms with Crippen LogP contribution in [0, 0.1) is 11.8 Å². The van der Waals surface area contributed by atoms with Gasteiger partial charge in [-0.15, -0.1) is 0 Å². The van der Waals surface area contributed by atoms with Gasteiger partial charge in [-0.2, -0.15) is 0 Å². The highest BCUT2D eigenvalue weighted by atomic mass is 16.4. The molecule has 0 aliphatic heterocycles. The lowest BCUT2D eigenvalue weighted by molar-refractivity contribution is -0.140. The lowest BCUT2D eigenvalue weighted by Gasteiger charge is -2.29. The van der Waals surface area contributed by atoms with E-state index < -0.39 is 169 Å². The van der Waals surface area contributed by atoms with Gasteiger partial charge in [-0.1, -0.05) is 46.2 Å². The van der Waals surface area contributed by atoms with Crippen LogP contribution in [0.3, 0.4) is 0 Å². The monoisotopic (exact) mass is 1350 g/mol. The molecule has 0 aromatic heterocycles. The molecule has 0 fully saturated rings. The van der Waals surface area contributed by atoms with Crippen molar-refractivity contribution < 1.29 is 77.6 Å². The summed E-state index contributed by atoms with van der Waals surface area (Å²) in [5.41, 5.74) is 39.3. The molecule has 1 aromatic rings. The first-order valence-corrected chi connectivity index (χ1v) is 31.8. The van der Waals surface area contributed by atoms with E-state index in [0.29, 0.717) is 37.8 Å². The van der Waals surface area contributed by atoms with Gasteiger partial charge >= 0.3 is 11.9 Å². The average Bonchev–Trinajstić information content (AvgIpc) is 1.18. The number of unbranched alkanes of at least 4 members (excludes halogenated alkanes) is 2. The van der Waals surface area contributed by atoms with Crippen LogP contribution in [-0.2, 0) is 68.7 Å². The van der Waals surface area contributed by atoms with Crippen LogP contribution in [0.5, 0.6) is 5.75 Å². The fourth-order valence-electron chi connectivity index (χ4n) is 9.44. The Morgan fingerprint density at radius 3 is 1.22 bits per heavy atom. The van der Waals surface area contributed by atoms with E-state index in [4.69, 9.17) is 40.1 Å². The minimum atomic E-state index is -1.79. The lowest BCUT2D eigenvalue weighted by Crippen LogP contribution is -2.61. The summed E-state index contributed by atoms with van der Waals surface area (Å²) in [6.45, 7) is 9.92. The van der Waals surface area contributed by atoms with Crippen LogP contribution in [0.4, 0.5) is 0 Å². The maximum atomic E-state index is 14.4. The van der Waals surface area contributed by atoms with Crippen LogP contribution in [0.2, 0.25) is 0 Å². The topological polar surface area (TPSA) is 610 Å². The molecule has 0 radical (unpaired) electrons. The Morgan fingerprint density at radius 2 is 0.811 bits per heavy atom. The van der Waals surface area contributed by atoms with Crippen molar-refractivity contribution >= 4 is 88.8 Å². The number of primary amides is 1. The molecule has 0 aliphatic carbocycles. The third kappa shape index (κ3) is 34.9. The van der Waals surface area contributed by atoms with Gasteiger partial charge in [0.25, 0.3) is 0 Å². The molecular formula is C60H103N19O16. The van der Waals surface area contributed by atoms with Crippen LogP contribution in [0.1, 0.15) is 150 Å². The molecule has 11 atom stereocenters. The number of phenolic OH excluding ortho intramolecular Hbond substituents is 1. The zero-order chi connectivity index (χ0) is 71.9. The molecule has 534 valence electrons. The molecular weight excluding hydrogens is 1240 g/mol. The molecule has 0 aliphatic rings. The fraction of sp³-hybridized carbons (Fsp3) is 0.650. The second kappa shape index (κ2) is 45.0. The van der Waals surface area contributed by atoms with Gasteiger partial charge in [-0.05, 0) is 133 Å². The van der Waals surface area contributed by atoms with Crippen molar-refractivity contribution in [3.63, 3.8) is 0 Å². The van der Waals surface area contributed by atoms with Gasteiger partial charge < -0.3 is 109 Å². The Balaban J connectivity index is 3.67. The summed E-state index contributed by atoms with van der Waals surface area (Å²) in [6.07, 6.45) is -0.868. The van der Waals surface area contributed by atoms with E-state index in [0.717, 1.165) is 0 Å². The van der Waals surface area contributed by atoms with Crippen molar-refractivity contribution in [2.24, 2.45) is 62.0 Å². The predicted octanol–water partition coefficient (Wildman–Crippen LogP) is -4.51. The number of phenols is 1. The summed E-state index contributed by atoms with van der Waals surface area (Å²) in [5.74, 6) is -14.1. The maximum absolute atomic E-state index is 14.4. The quantitative estimate of drug-likeness (QED) is 0.0166. The number of nitrogens with one attached hydrogen (secondary N) is 10. The van der Waals surface area contributed by atoms with Crippen molar-refractivity contribution in [3.05, 3.63) is 29.8 Å². The van der Waals surface area contributed by atoms with Crippen LogP contribution < -0.4 is 93.3 Å². The SMILES string of the molecule is CC[C@H](C)[C@H](NC(=O)[C@H](CCCN=C(N)N)NC(C)=O)C(=O)N[C@@H](C)C(=O)N[C@@H](CCCN=C(N)N)C(=O)N[C@@H](CC(C)C)C(=O)N[C@@H](CCC(=O)O)C(=O)N[C@@H](CCC(=O)O)C(=O)N[C@@H](CCCCN)C(=O)N[C@@H](Cc1ccc(O)cc1)C(=O)N[C@@H](CCCCN)C(N)=O. The highest BCUT2D eigenvalue weighted by Gasteiger charge is 2.37. The van der Waals surface area contributed by atoms with Crippen LogP contribution in [0.25, 0.3) is 0 Å². The van der Waals surface area contributed by atoms with E-state index in [9.17, 15) is 77.6 Å². The molecule has 0 bridgehead atoms. The van der Waals surface area contributed by atoms with Gasteiger partial charge in [0.05, 0.1) is 0 Å². The summed E-state index contributed by atoms with van der Waals surface area (Å²) in [5, 5.41) is 54.9. The molecule has 11 amide bonds. The van der Waals surface area contributed by atoms with Gasteiger partial charge in [0.15, 0.2) is 11.9 Å². The fourth-order valence-corrected chi connectivity index (χ4v) is 9.44. The number of carboxylic acid groups (broad SMARTS) is 2. The molecule has 0 spiro atoms. The van der Waals surface area contributed by atoms with Crippen molar-refractivity contribution in [1.82, 2.24) is 53.2 Å². The number of aliphatic imine (C=N–C) groups is 2. The number of aliphatic carboxylic acids is 2. The third-order valence-electron chi connectivity index (χ3n) is 14.9. The largest absolute Gasteiger partial charge is 0.508 e. The van der Waals surface area contributed by atoms with E-state index in [2.05, 4.69) is 63.2 Å². The molecule has 0 unspecified atom stereocenters. The van der Waals surface area contributed by atoms with Crippen molar-refractivity contribution in [3.8, 4) is 5.75 Å². The Hall–Kier alpha value is -9.41. The Kier molecular flexibility index (Phi) is 39.6. The smallest absolute Gasteiger partial charge is 0.303 e. The molecule has 0 saturated heterocycles. The number of nitrogens with zero attached hydrogens (tertiary/aromatic N) is 2. The van der Waals surface area contributed by atoms with E-state index in [1.54, 1.807) is 27.7 Å².